The first kappa shape index (κ1) is 17.3. The Labute approximate surface area is 149 Å². The molecule has 0 unspecified atom stereocenters. The van der Waals surface area contributed by atoms with E-state index in [-0.39, 0.29) is 6.03 Å². The number of anilines is 1. The topological polar surface area (TPSA) is 50.4 Å². The Hall–Kier alpha value is -2.49. The highest BCUT2D eigenvalue weighted by Crippen LogP contribution is 2.43. The van der Waals surface area contributed by atoms with Gasteiger partial charge in [-0.3, -0.25) is 0 Å². The zero-order valence-corrected chi connectivity index (χ0v) is 15.2. The third-order valence-corrected chi connectivity index (χ3v) is 4.72. The molecule has 2 N–H and O–H groups in total. The van der Waals surface area contributed by atoms with Crippen LogP contribution >= 0.6 is 0 Å². The van der Waals surface area contributed by atoms with Crippen LogP contribution in [0.25, 0.3) is 0 Å². The van der Waals surface area contributed by atoms with Crippen LogP contribution in [-0.2, 0) is 13.0 Å². The van der Waals surface area contributed by atoms with Crippen LogP contribution in [0.5, 0.6) is 5.75 Å². The number of benzene rings is 2. The normalized spacial score (nSPS) is 13.4. The number of carbonyl (C=O) groups excluding carboxylic acids is 1. The van der Waals surface area contributed by atoms with Crippen LogP contribution in [-0.4, -0.2) is 13.1 Å². The van der Waals surface area contributed by atoms with E-state index in [1.165, 1.54) is 24.0 Å². The summed E-state index contributed by atoms with van der Waals surface area (Å²) in [5.41, 5.74) is 5.64. The lowest BCUT2D eigenvalue weighted by Crippen LogP contribution is -2.25. The van der Waals surface area contributed by atoms with E-state index in [4.69, 9.17) is 4.74 Å². The SMILES string of the molecule is CCc1ccc(OCc2c(NC(=O)NC)cccc2C2CC2)c(C)c1. The maximum Gasteiger partial charge on any atom is 0.318 e. The average molecular weight is 338 g/mol. The van der Waals surface area contributed by atoms with E-state index < -0.39 is 0 Å². The number of hydrogen-bond donors (Lipinski definition) is 2. The second-order valence-electron chi connectivity index (χ2n) is 6.59. The third kappa shape index (κ3) is 4.13. The van der Waals surface area contributed by atoms with Gasteiger partial charge in [-0.1, -0.05) is 31.2 Å². The summed E-state index contributed by atoms with van der Waals surface area (Å²) in [4.78, 5) is 11.8. The fourth-order valence-corrected chi connectivity index (χ4v) is 3.09. The lowest BCUT2D eigenvalue weighted by Gasteiger charge is -2.17. The number of nitrogens with one attached hydrogen (secondary N) is 2. The molecule has 0 heterocycles. The van der Waals surface area contributed by atoms with Crippen molar-refractivity contribution in [1.82, 2.24) is 5.32 Å². The molecule has 1 fully saturated rings. The second kappa shape index (κ2) is 7.60. The Balaban J connectivity index is 1.84. The van der Waals surface area contributed by atoms with Crippen LogP contribution in [0.4, 0.5) is 10.5 Å². The fraction of sp³-hybridized carbons (Fsp3) is 0.381. The second-order valence-corrected chi connectivity index (χ2v) is 6.59. The van der Waals surface area contributed by atoms with Crippen molar-refractivity contribution in [2.75, 3.05) is 12.4 Å². The van der Waals surface area contributed by atoms with Crippen molar-refractivity contribution in [3.63, 3.8) is 0 Å². The Kier molecular flexibility index (Phi) is 5.27. The summed E-state index contributed by atoms with van der Waals surface area (Å²) in [5.74, 6) is 1.49. The van der Waals surface area contributed by atoms with Crippen LogP contribution in [0.1, 0.15) is 47.9 Å². The number of amides is 2. The highest BCUT2D eigenvalue weighted by Gasteiger charge is 2.27. The molecule has 0 aromatic heterocycles. The molecule has 1 aliphatic carbocycles. The van der Waals surface area contributed by atoms with Gasteiger partial charge in [0.2, 0.25) is 0 Å². The molecular weight excluding hydrogens is 312 g/mol. The summed E-state index contributed by atoms with van der Waals surface area (Å²) < 4.78 is 6.13. The molecule has 2 amide bonds. The standard InChI is InChI=1S/C21H26N2O2/c1-4-15-8-11-20(14(2)12-15)25-13-18-17(16-9-10-16)6-5-7-19(18)23-21(24)22-3/h5-8,11-12,16H,4,9-10,13H2,1-3H3,(H2,22,23,24). The van der Waals surface area contributed by atoms with Crippen molar-refractivity contribution in [2.24, 2.45) is 0 Å². The van der Waals surface area contributed by atoms with E-state index in [0.29, 0.717) is 12.5 Å². The predicted molar refractivity (Wildman–Crippen MR) is 101 cm³/mol. The van der Waals surface area contributed by atoms with E-state index in [9.17, 15) is 4.79 Å². The molecule has 0 atom stereocenters. The van der Waals surface area contributed by atoms with E-state index in [1.807, 2.05) is 18.2 Å². The molecule has 1 aliphatic rings. The molecule has 0 bridgehead atoms. The largest absolute Gasteiger partial charge is 0.489 e. The Morgan fingerprint density at radius 2 is 2.04 bits per heavy atom. The van der Waals surface area contributed by atoms with Crippen LogP contribution < -0.4 is 15.4 Å². The zero-order valence-electron chi connectivity index (χ0n) is 15.2. The molecule has 4 nitrogen and oxygen atoms in total. The molecule has 1 saturated carbocycles. The first-order valence-electron chi connectivity index (χ1n) is 8.95. The van der Waals surface area contributed by atoms with Gasteiger partial charge in [0.15, 0.2) is 0 Å². The lowest BCUT2D eigenvalue weighted by atomic mass is 10.0. The molecule has 3 rings (SSSR count). The van der Waals surface area contributed by atoms with E-state index in [0.717, 1.165) is 29.0 Å². The van der Waals surface area contributed by atoms with Crippen LogP contribution in [0.3, 0.4) is 0 Å². The smallest absolute Gasteiger partial charge is 0.318 e. The molecule has 132 valence electrons. The van der Waals surface area contributed by atoms with Crippen molar-refractivity contribution in [2.45, 2.75) is 45.6 Å². The molecule has 0 aliphatic heterocycles. The minimum Gasteiger partial charge on any atom is -0.489 e. The maximum atomic E-state index is 11.8. The quantitative estimate of drug-likeness (QED) is 0.797. The molecule has 0 saturated heterocycles. The Bertz CT molecular complexity index is 766. The number of aryl methyl sites for hydroxylation is 2. The summed E-state index contributed by atoms with van der Waals surface area (Å²) in [6, 6.07) is 12.2. The van der Waals surface area contributed by atoms with Gasteiger partial charge >= 0.3 is 6.03 Å². The van der Waals surface area contributed by atoms with Gasteiger partial charge in [-0.2, -0.15) is 0 Å². The summed E-state index contributed by atoms with van der Waals surface area (Å²) in [6.07, 6.45) is 3.44. The summed E-state index contributed by atoms with van der Waals surface area (Å²) in [7, 11) is 1.62. The summed E-state index contributed by atoms with van der Waals surface area (Å²) in [6.45, 7) is 4.68. The number of rotatable bonds is 6. The Morgan fingerprint density at radius 1 is 1.24 bits per heavy atom. The first-order chi connectivity index (χ1) is 12.1. The van der Waals surface area contributed by atoms with Gasteiger partial charge in [0.1, 0.15) is 12.4 Å². The zero-order chi connectivity index (χ0) is 17.8. The van der Waals surface area contributed by atoms with Gasteiger partial charge in [-0.05, 0) is 60.9 Å². The molecule has 4 heteroatoms. The van der Waals surface area contributed by atoms with Crippen LogP contribution in [0.15, 0.2) is 36.4 Å². The van der Waals surface area contributed by atoms with Crippen LogP contribution in [0.2, 0.25) is 0 Å². The van der Waals surface area contributed by atoms with Crippen molar-refractivity contribution in [3.05, 3.63) is 58.7 Å². The molecule has 0 spiro atoms. The summed E-state index contributed by atoms with van der Waals surface area (Å²) in [5, 5.41) is 5.53. The van der Waals surface area contributed by atoms with E-state index in [1.54, 1.807) is 7.05 Å². The summed E-state index contributed by atoms with van der Waals surface area (Å²) >= 11 is 0. The Morgan fingerprint density at radius 3 is 2.68 bits per heavy atom. The minimum atomic E-state index is -0.210. The van der Waals surface area contributed by atoms with Crippen molar-refractivity contribution in [3.8, 4) is 5.75 Å². The lowest BCUT2D eigenvalue weighted by molar-refractivity contribution is 0.254. The first-order valence-corrected chi connectivity index (χ1v) is 8.95. The van der Waals surface area contributed by atoms with Gasteiger partial charge in [0.25, 0.3) is 0 Å². The third-order valence-electron chi connectivity index (χ3n) is 4.72. The maximum absolute atomic E-state index is 11.8. The predicted octanol–water partition coefficient (Wildman–Crippen LogP) is 4.77. The van der Waals surface area contributed by atoms with Crippen molar-refractivity contribution in [1.29, 1.82) is 0 Å². The molecule has 0 radical (unpaired) electrons. The highest BCUT2D eigenvalue weighted by atomic mass is 16.5. The van der Waals surface area contributed by atoms with E-state index in [2.05, 4.69) is 42.7 Å². The van der Waals surface area contributed by atoms with Gasteiger partial charge in [-0.15, -0.1) is 0 Å². The van der Waals surface area contributed by atoms with Gasteiger partial charge < -0.3 is 15.4 Å². The van der Waals surface area contributed by atoms with Crippen molar-refractivity contribution < 1.29 is 9.53 Å². The van der Waals surface area contributed by atoms with E-state index >= 15 is 0 Å². The number of hydrogen-bond acceptors (Lipinski definition) is 2. The number of urea groups is 1. The number of carbonyl (C=O) groups is 1. The highest BCUT2D eigenvalue weighted by molar-refractivity contribution is 5.90. The van der Waals surface area contributed by atoms with Gasteiger partial charge in [0.05, 0.1) is 0 Å². The monoisotopic (exact) mass is 338 g/mol. The van der Waals surface area contributed by atoms with Gasteiger partial charge in [-0.25, -0.2) is 4.79 Å². The van der Waals surface area contributed by atoms with Gasteiger partial charge in [0, 0.05) is 18.3 Å². The number of ether oxygens (including phenoxy) is 1. The molecular formula is C21H26N2O2. The van der Waals surface area contributed by atoms with Crippen molar-refractivity contribution >= 4 is 11.7 Å². The molecule has 25 heavy (non-hydrogen) atoms. The minimum absolute atomic E-state index is 0.210. The average Bonchev–Trinajstić information content (AvgIpc) is 3.46. The fourth-order valence-electron chi connectivity index (χ4n) is 3.09. The molecule has 2 aromatic carbocycles. The van der Waals surface area contributed by atoms with Crippen LogP contribution in [0, 0.1) is 6.92 Å². The molecule has 2 aromatic rings.